The molecule has 0 bridgehead atoms. The van der Waals surface area contributed by atoms with E-state index in [4.69, 9.17) is 21.6 Å². The Kier molecular flexibility index (Phi) is 3.58. The number of nitriles is 1. The summed E-state index contributed by atoms with van der Waals surface area (Å²) in [5, 5.41) is 8.73. The lowest BCUT2D eigenvalue weighted by Gasteiger charge is -2.09. The summed E-state index contributed by atoms with van der Waals surface area (Å²) >= 11 is 5.65. The van der Waals surface area contributed by atoms with Crippen molar-refractivity contribution >= 4 is 11.6 Å². The number of benzene rings is 1. The maximum absolute atomic E-state index is 13.4. The minimum Gasteiger partial charge on any atom is -0.453 e. The molecule has 2 rings (SSSR count). The number of nitrogens with zero attached hydrogens (tertiary/aromatic N) is 2. The Morgan fingerprint density at radius 2 is 1.79 bits per heavy atom. The summed E-state index contributed by atoms with van der Waals surface area (Å²) in [5.74, 6) is -4.37. The second-order valence-corrected chi connectivity index (χ2v) is 3.74. The fourth-order valence-corrected chi connectivity index (χ4v) is 1.50. The molecular weight excluding hydrogens is 281 g/mol. The Morgan fingerprint density at radius 1 is 1.11 bits per heavy atom. The van der Waals surface area contributed by atoms with Crippen LogP contribution in [0.3, 0.4) is 0 Å². The Labute approximate surface area is 110 Å². The van der Waals surface area contributed by atoms with Crippen LogP contribution >= 0.6 is 11.6 Å². The Hall–Kier alpha value is -2.26. The van der Waals surface area contributed by atoms with Crippen molar-refractivity contribution in [1.82, 2.24) is 4.98 Å². The van der Waals surface area contributed by atoms with Gasteiger partial charge in [-0.25, -0.2) is 18.2 Å². The van der Waals surface area contributed by atoms with Gasteiger partial charge in [-0.1, -0.05) is 11.6 Å². The molecule has 0 saturated heterocycles. The number of ether oxygens (including phenoxy) is 1. The first-order valence-electron chi connectivity index (χ1n) is 4.90. The van der Waals surface area contributed by atoms with E-state index in [0.717, 1.165) is 0 Å². The summed E-state index contributed by atoms with van der Waals surface area (Å²) in [6, 6.07) is 3.86. The lowest BCUT2D eigenvalue weighted by atomic mass is 10.2. The Morgan fingerprint density at radius 3 is 2.47 bits per heavy atom. The van der Waals surface area contributed by atoms with E-state index in [1.165, 1.54) is 12.3 Å². The maximum Gasteiger partial charge on any atom is 0.168 e. The molecule has 0 aliphatic rings. The standard InChI is InChI=1S/C12H4ClF3N2O/c13-12-6(5-17)10(1-2-18-12)19-11-4-8(15)7(14)3-9(11)16/h1-4H. The minimum absolute atomic E-state index is 0.104. The predicted molar refractivity (Wildman–Crippen MR) is 60.4 cm³/mol. The number of aromatic nitrogens is 1. The van der Waals surface area contributed by atoms with Crippen LogP contribution in [-0.2, 0) is 0 Å². The van der Waals surface area contributed by atoms with E-state index < -0.39 is 23.2 Å². The van der Waals surface area contributed by atoms with Gasteiger partial charge in [-0.15, -0.1) is 0 Å². The van der Waals surface area contributed by atoms with Crippen molar-refractivity contribution in [3.8, 4) is 17.6 Å². The smallest absolute Gasteiger partial charge is 0.168 e. The number of rotatable bonds is 2. The quantitative estimate of drug-likeness (QED) is 0.622. The highest BCUT2D eigenvalue weighted by Crippen LogP contribution is 2.30. The number of pyridine rings is 1. The van der Waals surface area contributed by atoms with Gasteiger partial charge in [0.05, 0.1) is 0 Å². The third kappa shape index (κ3) is 2.61. The topological polar surface area (TPSA) is 45.9 Å². The van der Waals surface area contributed by atoms with Crippen molar-refractivity contribution in [2.45, 2.75) is 0 Å². The normalized spacial score (nSPS) is 10.1. The zero-order valence-electron chi connectivity index (χ0n) is 9.12. The van der Waals surface area contributed by atoms with Crippen LogP contribution in [0.1, 0.15) is 5.56 Å². The van der Waals surface area contributed by atoms with Crippen molar-refractivity contribution in [3.63, 3.8) is 0 Å². The minimum atomic E-state index is -1.34. The third-order valence-corrected chi connectivity index (χ3v) is 2.46. The van der Waals surface area contributed by atoms with Crippen LogP contribution in [-0.4, -0.2) is 4.98 Å². The van der Waals surface area contributed by atoms with E-state index in [1.54, 1.807) is 6.07 Å². The zero-order valence-corrected chi connectivity index (χ0v) is 9.88. The highest BCUT2D eigenvalue weighted by molar-refractivity contribution is 6.30. The molecule has 1 heterocycles. The summed E-state index contributed by atoms with van der Waals surface area (Å²) in [5.41, 5.74) is -0.131. The van der Waals surface area contributed by atoms with Gasteiger partial charge in [0, 0.05) is 24.4 Å². The van der Waals surface area contributed by atoms with Gasteiger partial charge in [0.15, 0.2) is 28.4 Å². The highest BCUT2D eigenvalue weighted by atomic mass is 35.5. The van der Waals surface area contributed by atoms with Crippen molar-refractivity contribution in [2.24, 2.45) is 0 Å². The molecule has 1 aromatic heterocycles. The average molecular weight is 285 g/mol. The summed E-state index contributed by atoms with van der Waals surface area (Å²) in [4.78, 5) is 3.64. The van der Waals surface area contributed by atoms with E-state index >= 15 is 0 Å². The van der Waals surface area contributed by atoms with Crippen LogP contribution in [0.2, 0.25) is 5.15 Å². The second kappa shape index (κ2) is 5.16. The first-order chi connectivity index (χ1) is 9.02. The first-order valence-corrected chi connectivity index (χ1v) is 5.27. The third-order valence-electron chi connectivity index (χ3n) is 2.17. The van der Waals surface area contributed by atoms with Crippen LogP contribution in [0, 0.1) is 28.8 Å². The van der Waals surface area contributed by atoms with Crippen LogP contribution in [0.15, 0.2) is 24.4 Å². The summed E-state index contributed by atoms with van der Waals surface area (Å²) in [6.07, 6.45) is 1.23. The van der Waals surface area contributed by atoms with E-state index in [0.29, 0.717) is 12.1 Å². The molecule has 0 radical (unpaired) electrons. The molecule has 1 aromatic carbocycles. The average Bonchev–Trinajstić information content (AvgIpc) is 2.36. The summed E-state index contributed by atoms with van der Waals surface area (Å²) in [7, 11) is 0. The SMILES string of the molecule is N#Cc1c(Oc2cc(F)c(F)cc2F)ccnc1Cl. The molecule has 96 valence electrons. The van der Waals surface area contributed by atoms with Gasteiger partial charge in [-0.3, -0.25) is 0 Å². The van der Waals surface area contributed by atoms with E-state index in [1.807, 2.05) is 0 Å². The van der Waals surface area contributed by atoms with Gasteiger partial charge in [0.25, 0.3) is 0 Å². The van der Waals surface area contributed by atoms with Crippen LogP contribution in [0.25, 0.3) is 0 Å². The molecule has 0 spiro atoms. The molecule has 0 saturated carbocycles. The van der Waals surface area contributed by atoms with Gasteiger partial charge < -0.3 is 4.74 Å². The summed E-state index contributed by atoms with van der Waals surface area (Å²) in [6.45, 7) is 0. The van der Waals surface area contributed by atoms with Crippen molar-refractivity contribution < 1.29 is 17.9 Å². The van der Waals surface area contributed by atoms with E-state index in [9.17, 15) is 13.2 Å². The van der Waals surface area contributed by atoms with Gasteiger partial charge in [-0.2, -0.15) is 5.26 Å². The second-order valence-electron chi connectivity index (χ2n) is 3.39. The lowest BCUT2D eigenvalue weighted by molar-refractivity contribution is 0.421. The molecule has 0 N–H and O–H groups in total. The molecule has 3 nitrogen and oxygen atoms in total. The van der Waals surface area contributed by atoms with Crippen LogP contribution in [0.5, 0.6) is 11.5 Å². The van der Waals surface area contributed by atoms with Crippen LogP contribution < -0.4 is 4.74 Å². The van der Waals surface area contributed by atoms with Crippen molar-refractivity contribution in [2.75, 3.05) is 0 Å². The maximum atomic E-state index is 13.4. The van der Waals surface area contributed by atoms with Gasteiger partial charge in [0.2, 0.25) is 0 Å². The van der Waals surface area contributed by atoms with Crippen molar-refractivity contribution in [1.29, 1.82) is 5.26 Å². The monoisotopic (exact) mass is 284 g/mol. The molecule has 7 heteroatoms. The molecule has 2 aromatic rings. The van der Waals surface area contributed by atoms with E-state index in [2.05, 4.69) is 4.98 Å². The van der Waals surface area contributed by atoms with Crippen LogP contribution in [0.4, 0.5) is 13.2 Å². The first kappa shape index (κ1) is 13.2. The fourth-order valence-electron chi connectivity index (χ4n) is 1.31. The predicted octanol–water partition coefficient (Wildman–Crippen LogP) is 3.82. The Balaban J connectivity index is 2.45. The molecule has 0 aliphatic heterocycles. The molecule has 0 unspecified atom stereocenters. The Bertz CT molecular complexity index is 685. The molecule has 0 atom stereocenters. The highest BCUT2D eigenvalue weighted by Gasteiger charge is 2.15. The number of hydrogen-bond donors (Lipinski definition) is 0. The molecule has 0 amide bonds. The van der Waals surface area contributed by atoms with Crippen molar-refractivity contribution in [3.05, 3.63) is 52.6 Å². The molecule has 19 heavy (non-hydrogen) atoms. The molecule has 0 fully saturated rings. The summed E-state index contributed by atoms with van der Waals surface area (Å²) < 4.78 is 44.2. The van der Waals surface area contributed by atoms with E-state index in [-0.39, 0.29) is 16.5 Å². The van der Waals surface area contributed by atoms with Gasteiger partial charge >= 0.3 is 0 Å². The molecular formula is C12H4ClF3N2O. The molecule has 0 aliphatic carbocycles. The number of hydrogen-bond acceptors (Lipinski definition) is 3. The largest absolute Gasteiger partial charge is 0.453 e. The number of halogens is 4. The lowest BCUT2D eigenvalue weighted by Crippen LogP contribution is -1.95. The zero-order chi connectivity index (χ0) is 14.0. The van der Waals surface area contributed by atoms with Gasteiger partial charge in [0.1, 0.15) is 17.4 Å². The van der Waals surface area contributed by atoms with Gasteiger partial charge in [-0.05, 0) is 0 Å². The fraction of sp³-hybridized carbons (Fsp3) is 0.